The number of allylic oxidation sites excluding steroid dienone is 2. The summed E-state index contributed by atoms with van der Waals surface area (Å²) < 4.78 is 0. The molecule has 0 aliphatic rings. The summed E-state index contributed by atoms with van der Waals surface area (Å²) in [4.78, 5) is 19.0. The lowest BCUT2D eigenvalue weighted by Crippen LogP contribution is -1.86. The Morgan fingerprint density at radius 2 is 1.54 bits per heavy atom. The molecule has 0 aromatic heterocycles. The molecule has 76 valence electrons. The van der Waals surface area contributed by atoms with Crippen LogP contribution in [-0.4, -0.2) is 22.2 Å². The fourth-order valence-corrected chi connectivity index (χ4v) is 0.564. The molecule has 0 bridgehead atoms. The summed E-state index contributed by atoms with van der Waals surface area (Å²) in [6, 6.07) is 0. The molecule has 0 spiro atoms. The Balaban J connectivity index is 0. The van der Waals surface area contributed by atoms with Gasteiger partial charge in [0, 0.05) is 6.42 Å². The summed E-state index contributed by atoms with van der Waals surface area (Å²) in [6.45, 7) is 5.71. The van der Waals surface area contributed by atoms with Crippen LogP contribution in [0, 0.1) is 0 Å². The monoisotopic (exact) mass is 188 g/mol. The molecule has 2 N–H and O–H groups in total. The van der Waals surface area contributed by atoms with E-state index in [1.165, 1.54) is 5.57 Å². The summed E-state index contributed by atoms with van der Waals surface area (Å²) in [6.07, 6.45) is 1.84. The van der Waals surface area contributed by atoms with Crippen molar-refractivity contribution < 1.29 is 19.8 Å². The first kappa shape index (κ1) is 14.2. The zero-order valence-electron chi connectivity index (χ0n) is 8.20. The molecule has 0 atom stereocenters. The second-order valence-corrected chi connectivity index (χ2v) is 2.80. The number of hydrogen-bond donors (Lipinski definition) is 2. The number of ketones is 1. The summed E-state index contributed by atoms with van der Waals surface area (Å²) in [5, 5.41) is 13.9. The second kappa shape index (κ2) is 8.77. The van der Waals surface area contributed by atoms with Gasteiger partial charge in [-0.25, -0.2) is 4.79 Å². The standard InChI is InChI=1S/C8H14O.CH2O3/c1-7(2)5-4-6-8(3)9;2-1(3)4/h5H,4,6H2,1-3H3;(H2,2,3,4). The van der Waals surface area contributed by atoms with Gasteiger partial charge in [-0.2, -0.15) is 0 Å². The lowest BCUT2D eigenvalue weighted by molar-refractivity contribution is -0.116. The van der Waals surface area contributed by atoms with Gasteiger partial charge < -0.3 is 15.0 Å². The van der Waals surface area contributed by atoms with Crippen LogP contribution in [-0.2, 0) is 4.79 Å². The molecule has 0 aliphatic carbocycles. The van der Waals surface area contributed by atoms with E-state index in [4.69, 9.17) is 15.0 Å². The van der Waals surface area contributed by atoms with Gasteiger partial charge in [0.15, 0.2) is 0 Å². The summed E-state index contributed by atoms with van der Waals surface area (Å²) >= 11 is 0. The van der Waals surface area contributed by atoms with Crippen LogP contribution < -0.4 is 0 Å². The number of carbonyl (C=O) groups excluding carboxylic acids is 1. The molecule has 0 aromatic carbocycles. The molecule has 0 rings (SSSR count). The van der Waals surface area contributed by atoms with Crippen molar-refractivity contribution in [2.45, 2.75) is 33.6 Å². The highest BCUT2D eigenvalue weighted by Gasteiger charge is 1.88. The quantitative estimate of drug-likeness (QED) is 0.667. The molecule has 0 heterocycles. The molecule has 0 aliphatic heterocycles. The third kappa shape index (κ3) is 36.7. The van der Waals surface area contributed by atoms with E-state index in [9.17, 15) is 4.79 Å². The average molecular weight is 188 g/mol. The van der Waals surface area contributed by atoms with Gasteiger partial charge in [-0.05, 0) is 27.2 Å². The predicted octanol–water partition coefficient (Wildman–Crippen LogP) is 2.54. The summed E-state index contributed by atoms with van der Waals surface area (Å²) in [7, 11) is 0. The van der Waals surface area contributed by atoms with Crippen molar-refractivity contribution in [1.82, 2.24) is 0 Å². The van der Waals surface area contributed by atoms with E-state index in [0.717, 1.165) is 6.42 Å². The molecular formula is C9H16O4. The minimum absolute atomic E-state index is 0.271. The van der Waals surface area contributed by atoms with Crippen LogP contribution in [0.4, 0.5) is 4.79 Å². The van der Waals surface area contributed by atoms with Gasteiger partial charge in [0.05, 0.1) is 0 Å². The van der Waals surface area contributed by atoms with Gasteiger partial charge in [0.2, 0.25) is 0 Å². The third-order valence-electron chi connectivity index (χ3n) is 1.05. The van der Waals surface area contributed by atoms with Gasteiger partial charge in [-0.15, -0.1) is 0 Å². The lowest BCUT2D eigenvalue weighted by atomic mass is 10.2. The number of hydrogen-bond acceptors (Lipinski definition) is 2. The van der Waals surface area contributed by atoms with E-state index >= 15 is 0 Å². The normalized spacial score (nSPS) is 7.92. The molecule has 4 nitrogen and oxygen atoms in total. The molecule has 0 unspecified atom stereocenters. The van der Waals surface area contributed by atoms with E-state index < -0.39 is 6.16 Å². The molecule has 13 heavy (non-hydrogen) atoms. The van der Waals surface area contributed by atoms with E-state index in [1.54, 1.807) is 6.92 Å². The van der Waals surface area contributed by atoms with Crippen molar-refractivity contribution in [3.8, 4) is 0 Å². The van der Waals surface area contributed by atoms with E-state index in [1.807, 2.05) is 13.8 Å². The fraction of sp³-hybridized carbons (Fsp3) is 0.556. The Bertz CT molecular complexity index is 186. The van der Waals surface area contributed by atoms with Crippen LogP contribution in [0.5, 0.6) is 0 Å². The lowest BCUT2D eigenvalue weighted by Gasteiger charge is -1.89. The Hall–Kier alpha value is -1.32. The van der Waals surface area contributed by atoms with Crippen molar-refractivity contribution in [3.05, 3.63) is 11.6 Å². The fourth-order valence-electron chi connectivity index (χ4n) is 0.564. The van der Waals surface area contributed by atoms with Crippen LogP contribution in [0.3, 0.4) is 0 Å². The Morgan fingerprint density at radius 1 is 1.15 bits per heavy atom. The maximum Gasteiger partial charge on any atom is 0.503 e. The first-order valence-electron chi connectivity index (χ1n) is 3.91. The topological polar surface area (TPSA) is 74.6 Å². The molecule has 0 fully saturated rings. The Labute approximate surface area is 77.9 Å². The minimum atomic E-state index is -1.83. The molecule has 0 saturated carbocycles. The van der Waals surface area contributed by atoms with E-state index in [-0.39, 0.29) is 5.78 Å². The van der Waals surface area contributed by atoms with Crippen molar-refractivity contribution in [3.63, 3.8) is 0 Å². The zero-order valence-corrected chi connectivity index (χ0v) is 8.20. The van der Waals surface area contributed by atoms with Crippen molar-refractivity contribution in [2.75, 3.05) is 0 Å². The molecule has 0 radical (unpaired) electrons. The Kier molecular flexibility index (Phi) is 9.60. The average Bonchev–Trinajstić information content (AvgIpc) is 1.83. The van der Waals surface area contributed by atoms with Crippen LogP contribution in [0.1, 0.15) is 33.6 Å². The molecular weight excluding hydrogens is 172 g/mol. The maximum absolute atomic E-state index is 10.4. The smallest absolute Gasteiger partial charge is 0.450 e. The first-order valence-corrected chi connectivity index (χ1v) is 3.91. The van der Waals surface area contributed by atoms with Crippen LogP contribution in [0.25, 0.3) is 0 Å². The number of rotatable bonds is 3. The highest BCUT2D eigenvalue weighted by atomic mass is 16.6. The Morgan fingerprint density at radius 3 is 1.77 bits per heavy atom. The van der Waals surface area contributed by atoms with E-state index in [0.29, 0.717) is 6.42 Å². The van der Waals surface area contributed by atoms with Gasteiger partial charge in [0.25, 0.3) is 0 Å². The van der Waals surface area contributed by atoms with Crippen LogP contribution in [0.2, 0.25) is 0 Å². The van der Waals surface area contributed by atoms with Gasteiger partial charge in [-0.1, -0.05) is 11.6 Å². The number of carboxylic acid groups (broad SMARTS) is 2. The zero-order chi connectivity index (χ0) is 10.9. The third-order valence-corrected chi connectivity index (χ3v) is 1.05. The number of Topliss-reactive ketones (excluding diaryl/α,β-unsaturated/α-hetero) is 1. The molecule has 0 aromatic rings. The van der Waals surface area contributed by atoms with Crippen LogP contribution in [0.15, 0.2) is 11.6 Å². The first-order chi connectivity index (χ1) is 5.86. The van der Waals surface area contributed by atoms with Crippen molar-refractivity contribution in [1.29, 1.82) is 0 Å². The number of carbonyl (C=O) groups is 2. The van der Waals surface area contributed by atoms with Gasteiger partial charge in [0.1, 0.15) is 5.78 Å². The molecule has 0 amide bonds. The SMILES string of the molecule is CC(=O)CCC=C(C)C.O=C(O)O. The molecule has 0 saturated heterocycles. The summed E-state index contributed by atoms with van der Waals surface area (Å²) in [5.74, 6) is 0.271. The van der Waals surface area contributed by atoms with E-state index in [2.05, 4.69) is 6.08 Å². The van der Waals surface area contributed by atoms with Crippen LogP contribution >= 0.6 is 0 Å². The highest BCUT2D eigenvalue weighted by molar-refractivity contribution is 5.75. The van der Waals surface area contributed by atoms with Crippen molar-refractivity contribution >= 4 is 11.9 Å². The van der Waals surface area contributed by atoms with Gasteiger partial charge >= 0.3 is 6.16 Å². The maximum atomic E-state index is 10.4. The summed E-state index contributed by atoms with van der Waals surface area (Å²) in [5.41, 5.74) is 1.29. The largest absolute Gasteiger partial charge is 0.503 e. The highest BCUT2D eigenvalue weighted by Crippen LogP contribution is 1.96. The minimum Gasteiger partial charge on any atom is -0.450 e. The molecule has 4 heteroatoms. The predicted molar refractivity (Wildman–Crippen MR) is 50.0 cm³/mol. The second-order valence-electron chi connectivity index (χ2n) is 2.80. The van der Waals surface area contributed by atoms with Crippen molar-refractivity contribution in [2.24, 2.45) is 0 Å². The van der Waals surface area contributed by atoms with Gasteiger partial charge in [-0.3, -0.25) is 0 Å².